The number of nitrogens with one attached hydrogen (secondary N) is 3. The summed E-state index contributed by atoms with van der Waals surface area (Å²) in [5.41, 5.74) is 0.276. The van der Waals surface area contributed by atoms with Crippen LogP contribution >= 0.6 is 0 Å². The number of benzene rings is 1. The average Bonchev–Trinajstić information content (AvgIpc) is 3.03. The fourth-order valence-electron chi connectivity index (χ4n) is 3.28. The van der Waals surface area contributed by atoms with Gasteiger partial charge in [-0.05, 0) is 51.0 Å². The number of pyridine rings is 1. The van der Waals surface area contributed by atoms with E-state index in [1.807, 2.05) is 13.8 Å². The van der Waals surface area contributed by atoms with Crippen LogP contribution in [0.1, 0.15) is 43.5 Å². The first kappa shape index (κ1) is 22.3. The molecule has 31 heavy (non-hydrogen) atoms. The zero-order valence-corrected chi connectivity index (χ0v) is 17.0. The summed E-state index contributed by atoms with van der Waals surface area (Å²) in [6, 6.07) is 4.25. The number of hydrogen-bond donors (Lipinski definition) is 3. The average molecular weight is 433 g/mol. The Balaban J connectivity index is 1.90. The second-order valence-electron chi connectivity index (χ2n) is 7.42. The van der Waals surface area contributed by atoms with Crippen molar-refractivity contribution in [3.8, 4) is 5.69 Å². The summed E-state index contributed by atoms with van der Waals surface area (Å²) >= 11 is 0. The Bertz CT molecular complexity index is 1160. The minimum Gasteiger partial charge on any atom is -0.354 e. The summed E-state index contributed by atoms with van der Waals surface area (Å²) < 4.78 is 39.5. The Hall–Kier alpha value is -3.43. The standard InChI is InChI=1S/C21H22F3N5O2/c1-12(2)27-18(30)5-3-4-17-15(10-25)19-16(11-26-17)20(31)29(28-19)14-8-6-13(7-9-14)21(22,23)24/h6-12,25,28H,3-5H2,1-2H3,(H,27,30). The summed E-state index contributed by atoms with van der Waals surface area (Å²) in [6.45, 7) is 3.75. The van der Waals surface area contributed by atoms with E-state index in [1.54, 1.807) is 0 Å². The van der Waals surface area contributed by atoms with Crippen LogP contribution in [0.5, 0.6) is 0 Å². The SMILES string of the molecule is CC(C)NC(=O)CCCc1ncc2c(=O)n(-c3ccc(C(F)(F)F)cc3)[nH]c2c1C=N. The highest BCUT2D eigenvalue weighted by Gasteiger charge is 2.30. The van der Waals surface area contributed by atoms with E-state index in [1.165, 1.54) is 18.3 Å². The molecule has 164 valence electrons. The summed E-state index contributed by atoms with van der Waals surface area (Å²) in [5, 5.41) is 13.7. The Labute approximate surface area is 175 Å². The number of nitrogens with zero attached hydrogens (tertiary/aromatic N) is 2. The van der Waals surface area contributed by atoms with Gasteiger partial charge in [-0.25, -0.2) is 4.68 Å². The third-order valence-corrected chi connectivity index (χ3v) is 4.72. The Kier molecular flexibility index (Phi) is 6.28. The molecule has 2 aromatic heterocycles. The minimum atomic E-state index is -4.47. The molecule has 0 bridgehead atoms. The third kappa shape index (κ3) is 4.84. The number of carbonyl (C=O) groups is 1. The van der Waals surface area contributed by atoms with Crippen LogP contribution in [0.2, 0.25) is 0 Å². The molecule has 1 aromatic carbocycles. The largest absolute Gasteiger partial charge is 0.416 e. The van der Waals surface area contributed by atoms with Gasteiger partial charge in [-0.1, -0.05) is 0 Å². The molecule has 3 rings (SSSR count). The predicted molar refractivity (Wildman–Crippen MR) is 111 cm³/mol. The molecule has 3 aromatic rings. The second-order valence-corrected chi connectivity index (χ2v) is 7.42. The third-order valence-electron chi connectivity index (χ3n) is 4.72. The molecule has 0 aliphatic rings. The molecule has 0 saturated carbocycles. The first-order chi connectivity index (χ1) is 14.6. The van der Waals surface area contributed by atoms with Gasteiger partial charge in [-0.3, -0.25) is 19.7 Å². The quantitative estimate of drug-likeness (QED) is 0.496. The van der Waals surface area contributed by atoms with Gasteiger partial charge < -0.3 is 10.7 Å². The van der Waals surface area contributed by atoms with Crippen molar-refractivity contribution >= 4 is 23.0 Å². The Morgan fingerprint density at radius 2 is 1.97 bits per heavy atom. The van der Waals surface area contributed by atoms with Gasteiger partial charge in [-0.2, -0.15) is 13.2 Å². The lowest BCUT2D eigenvalue weighted by atomic mass is 10.1. The van der Waals surface area contributed by atoms with Gasteiger partial charge in [0.2, 0.25) is 5.91 Å². The highest BCUT2D eigenvalue weighted by Crippen LogP contribution is 2.29. The molecule has 0 fully saturated rings. The number of amides is 1. The maximum Gasteiger partial charge on any atom is 0.416 e. The number of H-pyrrole nitrogens is 1. The number of rotatable bonds is 7. The van der Waals surface area contributed by atoms with E-state index in [0.29, 0.717) is 36.0 Å². The molecule has 0 spiro atoms. The van der Waals surface area contributed by atoms with Gasteiger partial charge in [0.15, 0.2) is 0 Å². The molecular formula is C21H22F3N5O2. The number of halogens is 3. The van der Waals surface area contributed by atoms with Crippen molar-refractivity contribution in [1.29, 1.82) is 5.41 Å². The monoisotopic (exact) mass is 433 g/mol. The van der Waals surface area contributed by atoms with E-state index >= 15 is 0 Å². The molecule has 0 atom stereocenters. The van der Waals surface area contributed by atoms with Crippen LogP contribution in [-0.4, -0.2) is 32.9 Å². The van der Waals surface area contributed by atoms with Crippen LogP contribution in [0.25, 0.3) is 16.6 Å². The first-order valence-corrected chi connectivity index (χ1v) is 9.72. The fourth-order valence-corrected chi connectivity index (χ4v) is 3.28. The molecule has 7 nitrogen and oxygen atoms in total. The predicted octanol–water partition coefficient (Wildman–Crippen LogP) is 3.58. The molecule has 0 unspecified atom stereocenters. The highest BCUT2D eigenvalue weighted by molar-refractivity contribution is 5.97. The maximum atomic E-state index is 12.8. The van der Waals surface area contributed by atoms with E-state index < -0.39 is 17.3 Å². The van der Waals surface area contributed by atoms with Crippen LogP contribution < -0.4 is 10.9 Å². The van der Waals surface area contributed by atoms with Crippen molar-refractivity contribution in [2.75, 3.05) is 0 Å². The van der Waals surface area contributed by atoms with E-state index in [9.17, 15) is 22.8 Å². The Morgan fingerprint density at radius 1 is 1.29 bits per heavy atom. The molecule has 2 heterocycles. The van der Waals surface area contributed by atoms with Crippen LogP contribution in [0.4, 0.5) is 13.2 Å². The normalized spacial score (nSPS) is 11.8. The van der Waals surface area contributed by atoms with Crippen molar-refractivity contribution in [2.24, 2.45) is 0 Å². The topological polar surface area (TPSA) is 104 Å². The van der Waals surface area contributed by atoms with Crippen LogP contribution in [-0.2, 0) is 17.4 Å². The number of aromatic amines is 1. The second kappa shape index (κ2) is 8.75. The van der Waals surface area contributed by atoms with Gasteiger partial charge in [0, 0.05) is 30.4 Å². The van der Waals surface area contributed by atoms with Crippen LogP contribution in [0, 0.1) is 5.41 Å². The van der Waals surface area contributed by atoms with Crippen molar-refractivity contribution < 1.29 is 18.0 Å². The summed E-state index contributed by atoms with van der Waals surface area (Å²) in [6.07, 6.45) is -0.765. The molecule has 1 amide bonds. The lowest BCUT2D eigenvalue weighted by Crippen LogP contribution is -2.29. The summed E-state index contributed by atoms with van der Waals surface area (Å²) in [7, 11) is 0. The minimum absolute atomic E-state index is 0.0501. The number of aromatic nitrogens is 3. The number of carbonyl (C=O) groups excluding carboxylic acids is 1. The first-order valence-electron chi connectivity index (χ1n) is 9.72. The van der Waals surface area contributed by atoms with Crippen LogP contribution in [0.15, 0.2) is 35.3 Å². The molecule has 10 heteroatoms. The smallest absolute Gasteiger partial charge is 0.354 e. The molecule has 3 N–H and O–H groups in total. The molecule has 0 aliphatic carbocycles. The molecular weight excluding hydrogens is 411 g/mol. The fraction of sp³-hybridized carbons (Fsp3) is 0.333. The van der Waals surface area contributed by atoms with Crippen molar-refractivity contribution in [3.05, 3.63) is 57.6 Å². The van der Waals surface area contributed by atoms with E-state index in [4.69, 9.17) is 5.41 Å². The highest BCUT2D eigenvalue weighted by atomic mass is 19.4. The zero-order valence-electron chi connectivity index (χ0n) is 17.0. The van der Waals surface area contributed by atoms with Gasteiger partial charge in [0.1, 0.15) is 0 Å². The van der Waals surface area contributed by atoms with Gasteiger partial charge in [0.25, 0.3) is 5.56 Å². The van der Waals surface area contributed by atoms with Gasteiger partial charge in [-0.15, -0.1) is 0 Å². The van der Waals surface area contributed by atoms with E-state index in [-0.39, 0.29) is 23.0 Å². The number of fused-ring (bicyclic) bond motifs is 1. The maximum absolute atomic E-state index is 12.8. The van der Waals surface area contributed by atoms with E-state index in [2.05, 4.69) is 15.4 Å². The summed E-state index contributed by atoms with van der Waals surface area (Å²) in [4.78, 5) is 28.8. The van der Waals surface area contributed by atoms with E-state index in [0.717, 1.165) is 23.0 Å². The molecule has 0 saturated heterocycles. The molecule has 0 aliphatic heterocycles. The van der Waals surface area contributed by atoms with Gasteiger partial charge in [0.05, 0.1) is 27.8 Å². The number of aryl methyl sites for hydroxylation is 1. The van der Waals surface area contributed by atoms with Crippen molar-refractivity contribution in [1.82, 2.24) is 20.1 Å². The molecule has 0 radical (unpaired) electrons. The van der Waals surface area contributed by atoms with Crippen LogP contribution in [0.3, 0.4) is 0 Å². The van der Waals surface area contributed by atoms with Crippen molar-refractivity contribution in [2.45, 2.75) is 45.3 Å². The lowest BCUT2D eigenvalue weighted by Gasteiger charge is -2.09. The number of hydrogen-bond acceptors (Lipinski definition) is 4. The van der Waals surface area contributed by atoms with Gasteiger partial charge >= 0.3 is 6.18 Å². The zero-order chi connectivity index (χ0) is 22.8. The lowest BCUT2D eigenvalue weighted by molar-refractivity contribution is -0.137. The number of alkyl halides is 3. The Morgan fingerprint density at radius 3 is 2.55 bits per heavy atom. The summed E-state index contributed by atoms with van der Waals surface area (Å²) in [5.74, 6) is -0.0747. The van der Waals surface area contributed by atoms with Crippen molar-refractivity contribution in [3.63, 3.8) is 0 Å².